The normalized spacial score (nSPS) is 10.6. The zero-order valence-corrected chi connectivity index (χ0v) is 13.7. The summed E-state index contributed by atoms with van der Waals surface area (Å²) in [7, 11) is 4.15. The van der Waals surface area contributed by atoms with Crippen LogP contribution in [0.4, 0.5) is 0 Å². The van der Waals surface area contributed by atoms with E-state index in [4.69, 9.17) is 0 Å². The van der Waals surface area contributed by atoms with Crippen LogP contribution in [0.2, 0.25) is 0 Å². The summed E-state index contributed by atoms with van der Waals surface area (Å²) in [5, 5.41) is 15.2. The van der Waals surface area contributed by atoms with Gasteiger partial charge in [-0.05, 0) is 27.1 Å². The maximum atomic E-state index is 4.45. The Hall–Kier alpha value is -1.43. The van der Waals surface area contributed by atoms with Crippen LogP contribution in [0.5, 0.6) is 0 Å². The van der Waals surface area contributed by atoms with Gasteiger partial charge in [-0.1, -0.05) is 24.3 Å². The van der Waals surface area contributed by atoms with Gasteiger partial charge in [0.25, 0.3) is 0 Å². The van der Waals surface area contributed by atoms with E-state index in [0.29, 0.717) is 0 Å². The summed E-state index contributed by atoms with van der Waals surface area (Å²) in [6.07, 6.45) is 3.83. The third kappa shape index (κ3) is 3.61. The van der Waals surface area contributed by atoms with Gasteiger partial charge < -0.3 is 4.90 Å². The summed E-state index contributed by atoms with van der Waals surface area (Å²) in [5.41, 5.74) is 0.845. The van der Waals surface area contributed by atoms with Gasteiger partial charge in [-0.15, -0.1) is 35.0 Å². The molecule has 0 N–H and O–H groups in total. The van der Waals surface area contributed by atoms with E-state index in [-0.39, 0.29) is 24.8 Å². The van der Waals surface area contributed by atoms with Crippen LogP contribution >= 0.6 is 24.8 Å². The highest BCUT2D eigenvalue weighted by Gasteiger charge is 2.09. The number of halogens is 2. The molecule has 5 nitrogen and oxygen atoms in total. The molecule has 2 heterocycles. The van der Waals surface area contributed by atoms with Crippen LogP contribution in [-0.4, -0.2) is 45.4 Å². The zero-order chi connectivity index (χ0) is 13.2. The number of benzene rings is 1. The summed E-state index contributed by atoms with van der Waals surface area (Å²) < 4.78 is 1.86. The lowest BCUT2D eigenvalue weighted by Gasteiger charge is -2.07. The quantitative estimate of drug-likeness (QED) is 0.739. The van der Waals surface area contributed by atoms with Crippen LogP contribution in [0.25, 0.3) is 16.4 Å². The maximum Gasteiger partial charge on any atom is 0.185 e. The SMILES string of the molecule is CN(C)CCCc1nnc2c3ccccc3cnn12.Cl.Cl. The lowest BCUT2D eigenvalue weighted by molar-refractivity contribution is 0.398. The van der Waals surface area contributed by atoms with E-state index in [0.717, 1.165) is 41.6 Å². The van der Waals surface area contributed by atoms with Crippen LogP contribution in [-0.2, 0) is 6.42 Å². The van der Waals surface area contributed by atoms with Crippen LogP contribution < -0.4 is 0 Å². The van der Waals surface area contributed by atoms with Gasteiger partial charge in [0.05, 0.1) is 6.20 Å². The molecule has 0 radical (unpaired) electrons. The second-order valence-corrected chi connectivity index (χ2v) is 4.99. The van der Waals surface area contributed by atoms with Crippen molar-refractivity contribution in [3.05, 3.63) is 36.3 Å². The van der Waals surface area contributed by atoms with E-state index in [1.54, 1.807) is 0 Å². The van der Waals surface area contributed by atoms with Crippen LogP contribution in [0.15, 0.2) is 30.5 Å². The summed E-state index contributed by atoms with van der Waals surface area (Å²) in [4.78, 5) is 2.17. The third-order valence-corrected chi connectivity index (χ3v) is 3.22. The van der Waals surface area contributed by atoms with Gasteiger partial charge in [-0.3, -0.25) is 0 Å². The summed E-state index contributed by atoms with van der Waals surface area (Å²) in [5.74, 6) is 0.933. The van der Waals surface area contributed by atoms with E-state index in [9.17, 15) is 0 Å². The van der Waals surface area contributed by atoms with Gasteiger partial charge in [-0.2, -0.15) is 9.61 Å². The molecule has 21 heavy (non-hydrogen) atoms. The topological polar surface area (TPSA) is 46.3 Å². The van der Waals surface area contributed by atoms with Gasteiger partial charge in [0.2, 0.25) is 0 Å². The first kappa shape index (κ1) is 17.6. The fraction of sp³-hybridized carbons (Fsp3) is 0.357. The highest BCUT2D eigenvalue weighted by Crippen LogP contribution is 2.17. The zero-order valence-electron chi connectivity index (χ0n) is 12.1. The van der Waals surface area contributed by atoms with E-state index in [1.807, 2.05) is 28.9 Å². The first-order chi connectivity index (χ1) is 9.25. The lowest BCUT2D eigenvalue weighted by atomic mass is 10.2. The molecule has 3 rings (SSSR count). The Morgan fingerprint density at radius 1 is 1.10 bits per heavy atom. The number of aryl methyl sites for hydroxylation is 1. The molecule has 1 aromatic carbocycles. The van der Waals surface area contributed by atoms with Crippen molar-refractivity contribution in [2.75, 3.05) is 20.6 Å². The second kappa shape index (κ2) is 7.54. The molecule has 0 unspecified atom stereocenters. The van der Waals surface area contributed by atoms with Crippen molar-refractivity contribution in [2.45, 2.75) is 12.8 Å². The minimum absolute atomic E-state index is 0. The summed E-state index contributed by atoms with van der Waals surface area (Å²) in [6.45, 7) is 1.04. The highest BCUT2D eigenvalue weighted by molar-refractivity contribution is 5.92. The van der Waals surface area contributed by atoms with Crippen molar-refractivity contribution in [2.24, 2.45) is 0 Å². The molecule has 0 saturated carbocycles. The molecule has 0 amide bonds. The van der Waals surface area contributed by atoms with E-state index in [2.05, 4.69) is 40.4 Å². The molecule has 3 aromatic rings. The number of hydrogen-bond donors (Lipinski definition) is 0. The Bertz CT molecular complexity index is 711. The van der Waals surface area contributed by atoms with Crippen molar-refractivity contribution in [3.63, 3.8) is 0 Å². The Morgan fingerprint density at radius 2 is 1.86 bits per heavy atom. The van der Waals surface area contributed by atoms with Crippen LogP contribution in [0, 0.1) is 0 Å². The second-order valence-electron chi connectivity index (χ2n) is 4.99. The fourth-order valence-corrected chi connectivity index (χ4v) is 2.24. The van der Waals surface area contributed by atoms with Crippen molar-refractivity contribution >= 4 is 41.2 Å². The number of nitrogens with zero attached hydrogens (tertiary/aromatic N) is 5. The first-order valence-corrected chi connectivity index (χ1v) is 6.48. The fourth-order valence-electron chi connectivity index (χ4n) is 2.24. The molecule has 0 aliphatic heterocycles. The predicted octanol–water partition coefficient (Wildman–Crippen LogP) is 2.62. The Morgan fingerprint density at radius 3 is 2.62 bits per heavy atom. The van der Waals surface area contributed by atoms with Gasteiger partial charge in [0, 0.05) is 17.2 Å². The molecular weight excluding hydrogens is 309 g/mol. The van der Waals surface area contributed by atoms with Crippen molar-refractivity contribution in [1.29, 1.82) is 0 Å². The van der Waals surface area contributed by atoms with Crippen LogP contribution in [0.1, 0.15) is 12.2 Å². The molecule has 114 valence electrons. The van der Waals surface area contributed by atoms with E-state index >= 15 is 0 Å². The average molecular weight is 328 g/mol. The van der Waals surface area contributed by atoms with E-state index < -0.39 is 0 Å². The maximum absolute atomic E-state index is 4.45. The van der Waals surface area contributed by atoms with Gasteiger partial charge in [0.1, 0.15) is 0 Å². The molecule has 0 aliphatic carbocycles. The predicted molar refractivity (Wildman–Crippen MR) is 89.7 cm³/mol. The Kier molecular flexibility index (Phi) is 6.33. The molecule has 2 aromatic heterocycles. The monoisotopic (exact) mass is 327 g/mol. The molecule has 0 saturated heterocycles. The Labute approximate surface area is 136 Å². The number of hydrogen-bond acceptors (Lipinski definition) is 4. The molecule has 0 atom stereocenters. The van der Waals surface area contributed by atoms with E-state index in [1.165, 1.54) is 0 Å². The molecule has 0 fully saturated rings. The molecule has 7 heteroatoms. The Balaban J connectivity index is 0.00000110. The first-order valence-electron chi connectivity index (χ1n) is 6.48. The highest BCUT2D eigenvalue weighted by atomic mass is 35.5. The van der Waals surface area contributed by atoms with Gasteiger partial charge in [0.15, 0.2) is 11.5 Å². The number of fused-ring (bicyclic) bond motifs is 3. The summed E-state index contributed by atoms with van der Waals surface area (Å²) in [6, 6.07) is 8.13. The molecule has 0 aliphatic rings. The summed E-state index contributed by atoms with van der Waals surface area (Å²) >= 11 is 0. The molecule has 0 spiro atoms. The minimum Gasteiger partial charge on any atom is -0.309 e. The standard InChI is InChI=1S/C14H17N5.2ClH/c1-18(2)9-5-8-13-16-17-14-12-7-4-3-6-11(12)10-15-19(13)14;;/h3-4,6-7,10H,5,8-9H2,1-2H3;2*1H. The number of aromatic nitrogens is 4. The van der Waals surface area contributed by atoms with Crippen molar-refractivity contribution in [3.8, 4) is 0 Å². The average Bonchev–Trinajstić information content (AvgIpc) is 2.82. The smallest absolute Gasteiger partial charge is 0.185 e. The lowest BCUT2D eigenvalue weighted by Crippen LogP contribution is -2.14. The third-order valence-electron chi connectivity index (χ3n) is 3.22. The van der Waals surface area contributed by atoms with Gasteiger partial charge >= 0.3 is 0 Å². The largest absolute Gasteiger partial charge is 0.309 e. The number of rotatable bonds is 4. The minimum atomic E-state index is 0. The molecular formula is C14H19Cl2N5. The van der Waals surface area contributed by atoms with Crippen molar-refractivity contribution < 1.29 is 0 Å². The van der Waals surface area contributed by atoms with Crippen LogP contribution in [0.3, 0.4) is 0 Å². The van der Waals surface area contributed by atoms with Crippen molar-refractivity contribution in [1.82, 2.24) is 24.7 Å². The molecule has 0 bridgehead atoms. The van der Waals surface area contributed by atoms with Gasteiger partial charge in [-0.25, -0.2) is 0 Å².